The number of carbonyl (C=O) groups is 1. The number of hydrogen-bond donors (Lipinski definition) is 1. The Morgan fingerprint density at radius 3 is 2.73 bits per heavy atom. The topological polar surface area (TPSA) is 55.6 Å². The summed E-state index contributed by atoms with van der Waals surface area (Å²) in [5, 5.41) is 0. The lowest BCUT2D eigenvalue weighted by Crippen LogP contribution is -2.32. The Hall–Kier alpha value is -0.610. The van der Waals surface area contributed by atoms with Crippen LogP contribution in [0.5, 0.6) is 0 Å². The maximum atomic E-state index is 11.4. The van der Waals surface area contributed by atoms with Crippen LogP contribution < -0.4 is 5.73 Å². The number of hydrogen-bond acceptors (Lipinski definition) is 3. The Kier molecular flexibility index (Phi) is 3.59. The van der Waals surface area contributed by atoms with Gasteiger partial charge in [-0.1, -0.05) is 12.8 Å². The maximum absolute atomic E-state index is 11.4. The molecule has 1 atom stereocenters. The Morgan fingerprint density at radius 2 is 2.13 bits per heavy atom. The highest BCUT2D eigenvalue weighted by Gasteiger charge is 2.26. The standard InChI is InChI=1S/C11H20N2O2/c12-9-7-11(14)13(8-9)5-6-15-10-3-1-2-4-10/h9-10H,1-8,12H2. The summed E-state index contributed by atoms with van der Waals surface area (Å²) in [6.07, 6.45) is 5.90. The van der Waals surface area contributed by atoms with E-state index in [1.807, 2.05) is 4.90 Å². The molecule has 0 bridgehead atoms. The van der Waals surface area contributed by atoms with Crippen molar-refractivity contribution in [3.63, 3.8) is 0 Å². The molecule has 15 heavy (non-hydrogen) atoms. The molecule has 1 saturated carbocycles. The third kappa shape index (κ3) is 2.92. The van der Waals surface area contributed by atoms with E-state index in [-0.39, 0.29) is 11.9 Å². The number of rotatable bonds is 4. The van der Waals surface area contributed by atoms with Crippen LogP contribution in [0.25, 0.3) is 0 Å². The lowest BCUT2D eigenvalue weighted by Gasteiger charge is -2.17. The van der Waals surface area contributed by atoms with E-state index in [0.717, 1.165) is 0 Å². The van der Waals surface area contributed by atoms with Crippen LogP contribution in [0, 0.1) is 0 Å². The SMILES string of the molecule is NC1CC(=O)N(CCOC2CCCC2)C1. The fraction of sp³-hybridized carbons (Fsp3) is 0.909. The van der Waals surface area contributed by atoms with Gasteiger partial charge in [-0.25, -0.2) is 0 Å². The van der Waals surface area contributed by atoms with Gasteiger partial charge in [0.2, 0.25) is 5.91 Å². The third-order valence-corrected chi connectivity index (χ3v) is 3.26. The smallest absolute Gasteiger partial charge is 0.224 e. The molecule has 1 aliphatic heterocycles. The van der Waals surface area contributed by atoms with E-state index in [4.69, 9.17) is 10.5 Å². The van der Waals surface area contributed by atoms with Crippen molar-refractivity contribution in [1.82, 2.24) is 4.90 Å². The van der Waals surface area contributed by atoms with Crippen LogP contribution in [0.4, 0.5) is 0 Å². The van der Waals surface area contributed by atoms with Gasteiger partial charge in [-0.15, -0.1) is 0 Å². The van der Waals surface area contributed by atoms with Gasteiger partial charge in [0.1, 0.15) is 0 Å². The molecule has 1 heterocycles. The predicted octanol–water partition coefficient (Wildman–Crippen LogP) is 0.505. The second-order valence-corrected chi connectivity index (χ2v) is 4.58. The normalized spacial score (nSPS) is 27.9. The molecule has 4 heteroatoms. The zero-order valence-corrected chi connectivity index (χ0v) is 9.15. The molecule has 0 aromatic carbocycles. The first kappa shape index (κ1) is 10.9. The van der Waals surface area contributed by atoms with Gasteiger partial charge >= 0.3 is 0 Å². The molecule has 1 unspecified atom stereocenters. The molecular formula is C11H20N2O2. The highest BCUT2D eigenvalue weighted by Crippen LogP contribution is 2.20. The van der Waals surface area contributed by atoms with Gasteiger partial charge in [0.25, 0.3) is 0 Å². The monoisotopic (exact) mass is 212 g/mol. The van der Waals surface area contributed by atoms with Crippen molar-refractivity contribution in [2.24, 2.45) is 5.73 Å². The summed E-state index contributed by atoms with van der Waals surface area (Å²) >= 11 is 0. The summed E-state index contributed by atoms with van der Waals surface area (Å²) < 4.78 is 5.71. The van der Waals surface area contributed by atoms with Crippen LogP contribution in [-0.4, -0.2) is 42.6 Å². The third-order valence-electron chi connectivity index (χ3n) is 3.26. The molecule has 1 saturated heterocycles. The molecule has 2 aliphatic rings. The largest absolute Gasteiger partial charge is 0.376 e. The molecule has 0 aromatic heterocycles. The highest BCUT2D eigenvalue weighted by atomic mass is 16.5. The van der Waals surface area contributed by atoms with E-state index in [1.165, 1.54) is 25.7 Å². The summed E-state index contributed by atoms with van der Waals surface area (Å²) in [6, 6.07) is 0.0315. The fourth-order valence-electron chi connectivity index (χ4n) is 2.40. The minimum Gasteiger partial charge on any atom is -0.376 e. The zero-order valence-electron chi connectivity index (χ0n) is 9.15. The van der Waals surface area contributed by atoms with E-state index in [2.05, 4.69) is 0 Å². The molecule has 2 N–H and O–H groups in total. The van der Waals surface area contributed by atoms with Gasteiger partial charge in [0, 0.05) is 25.6 Å². The summed E-state index contributed by atoms with van der Waals surface area (Å²) in [6.45, 7) is 2.08. The molecule has 2 rings (SSSR count). The minimum atomic E-state index is 0.0315. The average Bonchev–Trinajstić information content (AvgIpc) is 2.77. The first-order valence-electron chi connectivity index (χ1n) is 5.90. The van der Waals surface area contributed by atoms with Crippen LogP contribution in [-0.2, 0) is 9.53 Å². The van der Waals surface area contributed by atoms with E-state index in [9.17, 15) is 4.79 Å². The van der Waals surface area contributed by atoms with Crippen molar-refractivity contribution in [2.75, 3.05) is 19.7 Å². The number of ether oxygens (including phenoxy) is 1. The lowest BCUT2D eigenvalue weighted by atomic mass is 10.3. The molecule has 4 nitrogen and oxygen atoms in total. The van der Waals surface area contributed by atoms with Gasteiger partial charge in [0.05, 0.1) is 12.7 Å². The Labute approximate surface area is 90.8 Å². The highest BCUT2D eigenvalue weighted by molar-refractivity contribution is 5.79. The molecular weight excluding hydrogens is 192 g/mol. The van der Waals surface area contributed by atoms with E-state index >= 15 is 0 Å². The van der Waals surface area contributed by atoms with Crippen LogP contribution in [0.3, 0.4) is 0 Å². The van der Waals surface area contributed by atoms with Crippen LogP contribution in [0.1, 0.15) is 32.1 Å². The molecule has 2 fully saturated rings. The molecule has 86 valence electrons. The number of carbonyl (C=O) groups excluding carboxylic acids is 1. The molecule has 1 aliphatic carbocycles. The van der Waals surface area contributed by atoms with Crippen molar-refractivity contribution < 1.29 is 9.53 Å². The average molecular weight is 212 g/mol. The second kappa shape index (κ2) is 4.94. The van der Waals surface area contributed by atoms with E-state index in [1.54, 1.807) is 0 Å². The quantitative estimate of drug-likeness (QED) is 0.738. The molecule has 0 spiro atoms. The van der Waals surface area contributed by atoms with Crippen molar-refractivity contribution in [3.8, 4) is 0 Å². The zero-order chi connectivity index (χ0) is 10.7. The Balaban J connectivity index is 1.63. The summed E-state index contributed by atoms with van der Waals surface area (Å²) in [7, 11) is 0. The van der Waals surface area contributed by atoms with E-state index in [0.29, 0.717) is 32.2 Å². The van der Waals surface area contributed by atoms with Crippen LogP contribution >= 0.6 is 0 Å². The predicted molar refractivity (Wildman–Crippen MR) is 57.4 cm³/mol. The molecule has 1 amide bonds. The van der Waals surface area contributed by atoms with Crippen molar-refractivity contribution in [1.29, 1.82) is 0 Å². The molecule has 0 aromatic rings. The second-order valence-electron chi connectivity index (χ2n) is 4.58. The Morgan fingerprint density at radius 1 is 1.40 bits per heavy atom. The number of likely N-dealkylation sites (tertiary alicyclic amines) is 1. The van der Waals surface area contributed by atoms with E-state index < -0.39 is 0 Å². The van der Waals surface area contributed by atoms with Gasteiger partial charge in [0.15, 0.2) is 0 Å². The maximum Gasteiger partial charge on any atom is 0.224 e. The summed E-state index contributed by atoms with van der Waals surface area (Å²) in [4.78, 5) is 13.2. The van der Waals surface area contributed by atoms with Crippen molar-refractivity contribution in [3.05, 3.63) is 0 Å². The fourth-order valence-corrected chi connectivity index (χ4v) is 2.40. The van der Waals surface area contributed by atoms with Gasteiger partial charge in [-0.3, -0.25) is 4.79 Å². The Bertz CT molecular complexity index is 227. The lowest BCUT2D eigenvalue weighted by molar-refractivity contribution is -0.128. The first-order valence-corrected chi connectivity index (χ1v) is 5.90. The summed E-state index contributed by atoms with van der Waals surface area (Å²) in [5.74, 6) is 0.178. The van der Waals surface area contributed by atoms with Crippen molar-refractivity contribution in [2.45, 2.75) is 44.2 Å². The minimum absolute atomic E-state index is 0.0315. The number of nitrogens with two attached hydrogens (primary N) is 1. The van der Waals surface area contributed by atoms with Gasteiger partial charge in [-0.2, -0.15) is 0 Å². The number of amides is 1. The molecule has 0 radical (unpaired) electrons. The summed E-state index contributed by atoms with van der Waals surface area (Å²) in [5.41, 5.74) is 5.71. The van der Waals surface area contributed by atoms with Crippen molar-refractivity contribution >= 4 is 5.91 Å². The van der Waals surface area contributed by atoms with Crippen LogP contribution in [0.15, 0.2) is 0 Å². The number of nitrogens with zero attached hydrogens (tertiary/aromatic N) is 1. The first-order chi connectivity index (χ1) is 7.25. The van der Waals surface area contributed by atoms with Gasteiger partial charge < -0.3 is 15.4 Å². The van der Waals surface area contributed by atoms with Crippen LogP contribution in [0.2, 0.25) is 0 Å². The van der Waals surface area contributed by atoms with Gasteiger partial charge in [-0.05, 0) is 12.8 Å².